The number of rotatable bonds is 4. The highest BCUT2D eigenvalue weighted by Crippen LogP contribution is 2.37. The molecule has 7 nitrogen and oxygen atoms in total. The molecule has 19 heavy (non-hydrogen) atoms. The topological polar surface area (TPSA) is 88.5 Å². The maximum Gasteiger partial charge on any atom is 0.252 e. The maximum absolute atomic E-state index is 11.6. The predicted molar refractivity (Wildman–Crippen MR) is 69.9 cm³/mol. The molecule has 2 N–H and O–H groups in total. The van der Waals surface area contributed by atoms with Gasteiger partial charge in [-0.2, -0.15) is 0 Å². The van der Waals surface area contributed by atoms with Gasteiger partial charge in [-0.25, -0.2) is 4.98 Å². The minimum Gasteiger partial charge on any atom is -0.360 e. The second-order valence-electron chi connectivity index (χ2n) is 4.96. The average molecular weight is 260 g/mol. The molecular formula is C12H16N6O. The summed E-state index contributed by atoms with van der Waals surface area (Å²) in [5.74, 6) is 2.58. The summed E-state index contributed by atoms with van der Waals surface area (Å²) in [7, 11) is 1.88. The first-order valence-electron chi connectivity index (χ1n) is 6.35. The van der Waals surface area contributed by atoms with Gasteiger partial charge in [0.15, 0.2) is 5.82 Å². The van der Waals surface area contributed by atoms with Gasteiger partial charge in [-0.15, -0.1) is 10.2 Å². The van der Waals surface area contributed by atoms with Crippen molar-refractivity contribution in [2.75, 3.05) is 5.32 Å². The molecule has 100 valence electrons. The van der Waals surface area contributed by atoms with E-state index in [2.05, 4.69) is 25.5 Å². The molecule has 2 aromatic heterocycles. The van der Waals surface area contributed by atoms with Gasteiger partial charge in [0.25, 0.3) is 5.56 Å². The summed E-state index contributed by atoms with van der Waals surface area (Å²) in [5.41, 5.74) is -0.121. The molecule has 2 aromatic rings. The van der Waals surface area contributed by atoms with E-state index in [1.165, 1.54) is 6.07 Å². The third-order valence-electron chi connectivity index (χ3n) is 3.22. The highest BCUT2D eigenvalue weighted by atomic mass is 16.1. The molecule has 7 heteroatoms. The van der Waals surface area contributed by atoms with E-state index in [0.29, 0.717) is 11.7 Å². The van der Waals surface area contributed by atoms with Crippen molar-refractivity contribution in [2.45, 2.75) is 31.7 Å². The van der Waals surface area contributed by atoms with Gasteiger partial charge in [0.2, 0.25) is 0 Å². The second kappa shape index (κ2) is 4.49. The second-order valence-corrected chi connectivity index (χ2v) is 4.96. The third kappa shape index (κ3) is 2.49. The smallest absolute Gasteiger partial charge is 0.252 e. The van der Waals surface area contributed by atoms with Crippen LogP contribution < -0.4 is 10.9 Å². The molecule has 2 heterocycles. The van der Waals surface area contributed by atoms with Gasteiger partial charge in [-0.05, 0) is 19.8 Å². The average Bonchev–Trinajstić information content (AvgIpc) is 3.11. The molecule has 1 saturated carbocycles. The standard InChI is InChI=1S/C12H16N6O/c1-7(12-17-13-6-18(12)2)14-9-5-10(19)16-11(15-9)8-3-4-8/h5-8H,3-4H2,1-2H3,(H2,14,15,16,19). The lowest BCUT2D eigenvalue weighted by Gasteiger charge is -2.13. The number of H-pyrrole nitrogens is 1. The van der Waals surface area contributed by atoms with Crippen molar-refractivity contribution in [3.05, 3.63) is 34.4 Å². The van der Waals surface area contributed by atoms with E-state index in [1.807, 2.05) is 18.5 Å². The van der Waals surface area contributed by atoms with E-state index in [1.54, 1.807) is 6.33 Å². The van der Waals surface area contributed by atoms with Gasteiger partial charge in [0.1, 0.15) is 18.0 Å². The minimum absolute atomic E-state index is 0.0612. The molecule has 1 aliphatic carbocycles. The zero-order valence-electron chi connectivity index (χ0n) is 10.9. The van der Waals surface area contributed by atoms with Gasteiger partial charge in [0, 0.05) is 19.0 Å². The zero-order valence-corrected chi connectivity index (χ0v) is 10.9. The van der Waals surface area contributed by atoms with Gasteiger partial charge < -0.3 is 14.9 Å². The molecule has 0 radical (unpaired) electrons. The molecule has 0 saturated heterocycles. The zero-order chi connectivity index (χ0) is 13.4. The molecule has 1 aliphatic rings. The maximum atomic E-state index is 11.6. The lowest BCUT2D eigenvalue weighted by Crippen LogP contribution is -2.17. The molecule has 0 spiro atoms. The summed E-state index contributed by atoms with van der Waals surface area (Å²) >= 11 is 0. The predicted octanol–water partition coefficient (Wildman–Crippen LogP) is 0.949. The van der Waals surface area contributed by atoms with Crippen LogP contribution in [-0.4, -0.2) is 24.7 Å². The number of anilines is 1. The fourth-order valence-corrected chi connectivity index (χ4v) is 2.07. The van der Waals surface area contributed by atoms with Gasteiger partial charge >= 0.3 is 0 Å². The van der Waals surface area contributed by atoms with Crippen LogP contribution >= 0.6 is 0 Å². The largest absolute Gasteiger partial charge is 0.360 e. The number of aryl methyl sites for hydroxylation is 1. The Hall–Kier alpha value is -2.18. The van der Waals surface area contributed by atoms with Gasteiger partial charge in [0.05, 0.1) is 6.04 Å². The van der Waals surface area contributed by atoms with Crippen LogP contribution in [0.4, 0.5) is 5.82 Å². The number of hydrogen-bond donors (Lipinski definition) is 2. The Bertz CT molecular complexity index is 642. The normalized spacial score (nSPS) is 16.3. The molecule has 1 unspecified atom stereocenters. The molecule has 1 fully saturated rings. The summed E-state index contributed by atoms with van der Waals surface area (Å²) in [6.45, 7) is 1.96. The number of aromatic nitrogens is 5. The Morgan fingerprint density at radius 3 is 2.95 bits per heavy atom. The Kier molecular flexibility index (Phi) is 2.81. The number of aromatic amines is 1. The van der Waals surface area contributed by atoms with E-state index in [4.69, 9.17) is 0 Å². The molecule has 0 aliphatic heterocycles. The van der Waals surface area contributed by atoms with Crippen molar-refractivity contribution >= 4 is 5.82 Å². The first-order chi connectivity index (χ1) is 9.13. The Morgan fingerprint density at radius 1 is 1.53 bits per heavy atom. The molecule has 0 aromatic carbocycles. The quantitative estimate of drug-likeness (QED) is 0.854. The summed E-state index contributed by atoms with van der Waals surface area (Å²) in [6.07, 6.45) is 3.85. The van der Waals surface area contributed by atoms with Crippen LogP contribution in [0.2, 0.25) is 0 Å². The van der Waals surface area contributed by atoms with Crippen molar-refractivity contribution in [2.24, 2.45) is 7.05 Å². The minimum atomic E-state index is -0.121. The van der Waals surface area contributed by atoms with E-state index >= 15 is 0 Å². The SMILES string of the molecule is CC(Nc1cc(=O)[nH]c(C2CC2)n1)c1nncn1C. The lowest BCUT2D eigenvalue weighted by molar-refractivity contribution is 0.714. The lowest BCUT2D eigenvalue weighted by atomic mass is 10.3. The number of nitrogens with zero attached hydrogens (tertiary/aromatic N) is 4. The van der Waals surface area contributed by atoms with Crippen molar-refractivity contribution in [1.29, 1.82) is 0 Å². The van der Waals surface area contributed by atoms with Crippen molar-refractivity contribution in [3.63, 3.8) is 0 Å². The van der Waals surface area contributed by atoms with Crippen LogP contribution in [0.15, 0.2) is 17.2 Å². The van der Waals surface area contributed by atoms with Crippen LogP contribution in [0.25, 0.3) is 0 Å². The molecular weight excluding hydrogens is 244 g/mol. The summed E-state index contributed by atoms with van der Waals surface area (Å²) < 4.78 is 1.84. The molecule has 1 atom stereocenters. The van der Waals surface area contributed by atoms with Crippen LogP contribution in [0.1, 0.15) is 43.4 Å². The fraction of sp³-hybridized carbons (Fsp3) is 0.500. The van der Waals surface area contributed by atoms with E-state index in [-0.39, 0.29) is 11.6 Å². The highest BCUT2D eigenvalue weighted by molar-refractivity contribution is 5.36. The van der Waals surface area contributed by atoms with Crippen LogP contribution in [0, 0.1) is 0 Å². The third-order valence-corrected chi connectivity index (χ3v) is 3.22. The summed E-state index contributed by atoms with van der Waals surface area (Å²) in [6, 6.07) is 1.41. The van der Waals surface area contributed by atoms with E-state index in [9.17, 15) is 4.79 Å². The van der Waals surface area contributed by atoms with Crippen LogP contribution in [0.3, 0.4) is 0 Å². The van der Waals surface area contributed by atoms with Gasteiger partial charge in [-0.3, -0.25) is 4.79 Å². The number of nitrogens with one attached hydrogen (secondary N) is 2. The highest BCUT2D eigenvalue weighted by Gasteiger charge is 2.26. The fourth-order valence-electron chi connectivity index (χ4n) is 2.07. The van der Waals surface area contributed by atoms with Gasteiger partial charge in [-0.1, -0.05) is 0 Å². The van der Waals surface area contributed by atoms with Crippen LogP contribution in [0.5, 0.6) is 0 Å². The van der Waals surface area contributed by atoms with Crippen LogP contribution in [-0.2, 0) is 7.05 Å². The Morgan fingerprint density at radius 2 is 2.32 bits per heavy atom. The molecule has 0 bridgehead atoms. The van der Waals surface area contributed by atoms with Crippen molar-refractivity contribution in [1.82, 2.24) is 24.7 Å². The van der Waals surface area contributed by atoms with E-state index < -0.39 is 0 Å². The molecule has 0 amide bonds. The Labute approximate surface area is 110 Å². The van der Waals surface area contributed by atoms with E-state index in [0.717, 1.165) is 24.5 Å². The molecule has 3 rings (SSSR count). The van der Waals surface area contributed by atoms with Crippen molar-refractivity contribution in [3.8, 4) is 0 Å². The summed E-state index contributed by atoms with van der Waals surface area (Å²) in [5, 5.41) is 11.1. The summed E-state index contributed by atoms with van der Waals surface area (Å²) in [4.78, 5) is 18.8. The first-order valence-corrected chi connectivity index (χ1v) is 6.35. The monoisotopic (exact) mass is 260 g/mol. The Balaban J connectivity index is 1.83. The first kappa shape index (κ1) is 11.9. The van der Waals surface area contributed by atoms with Crippen molar-refractivity contribution < 1.29 is 0 Å². The number of hydrogen-bond acceptors (Lipinski definition) is 5.